The summed E-state index contributed by atoms with van der Waals surface area (Å²) < 4.78 is 15.5. The van der Waals surface area contributed by atoms with Gasteiger partial charge in [0.1, 0.15) is 0 Å². The fourth-order valence-corrected chi connectivity index (χ4v) is 9.18. The molecule has 1 aromatic carbocycles. The third-order valence-electron chi connectivity index (χ3n) is 10.1. The first-order valence-electron chi connectivity index (χ1n) is 16.3. The number of aliphatic carboxylic acids is 1. The molecule has 0 radical (unpaired) electrons. The third kappa shape index (κ3) is 7.50. The monoisotopic (exact) mass is 666 g/mol. The zero-order valence-corrected chi connectivity index (χ0v) is 30.4. The average molecular weight is 667 g/mol. The highest BCUT2D eigenvalue weighted by Crippen LogP contribution is 2.42. The molecule has 1 fully saturated rings. The Balaban J connectivity index is 1.15. The smallest absolute Gasteiger partial charge is 0.347 e. The van der Waals surface area contributed by atoms with E-state index >= 15 is 0 Å². The fourth-order valence-electron chi connectivity index (χ4n) is 6.33. The second-order valence-corrected chi connectivity index (χ2v) is 20.8. The Labute approximate surface area is 278 Å². The van der Waals surface area contributed by atoms with Crippen LogP contribution in [-0.4, -0.2) is 61.2 Å². The number of hydrogen-bond acceptors (Lipinski definition) is 6. The second kappa shape index (κ2) is 14.2. The third-order valence-corrected chi connectivity index (χ3v) is 16.6. The highest BCUT2D eigenvalue weighted by Gasteiger charge is 2.48. The molecule has 1 saturated carbocycles. The number of rotatable bonds is 14. The van der Waals surface area contributed by atoms with Crippen molar-refractivity contribution >= 4 is 47.9 Å². The summed E-state index contributed by atoms with van der Waals surface area (Å²) in [6.45, 7) is 14.2. The van der Waals surface area contributed by atoms with Crippen molar-refractivity contribution < 1.29 is 19.1 Å². The number of nitrogens with zero attached hydrogens (tertiary/aromatic N) is 2. The molecule has 0 spiro atoms. The van der Waals surface area contributed by atoms with Crippen molar-refractivity contribution in [2.45, 2.75) is 102 Å². The molecule has 0 bridgehead atoms. The van der Waals surface area contributed by atoms with Crippen LogP contribution in [-0.2, 0) is 32.5 Å². The maximum Gasteiger partial charge on any atom is 0.347 e. The van der Waals surface area contributed by atoms with Crippen LogP contribution in [0.15, 0.2) is 65.5 Å². The maximum absolute atomic E-state index is 12.8. The molecular weight excluding hydrogens is 617 g/mol. The minimum atomic E-state index is -1.77. The van der Waals surface area contributed by atoms with Gasteiger partial charge in [-0.3, -0.25) is 0 Å². The van der Waals surface area contributed by atoms with E-state index in [1.807, 2.05) is 35.0 Å². The molecule has 5 rings (SSSR count). The first kappa shape index (κ1) is 34.1. The van der Waals surface area contributed by atoms with Gasteiger partial charge in [-0.1, -0.05) is 51.1 Å². The largest absolute Gasteiger partial charge is 0.479 e. The lowest BCUT2D eigenvalue weighted by atomic mass is 9.90. The van der Waals surface area contributed by atoms with Crippen molar-refractivity contribution in [3.63, 3.8) is 0 Å². The van der Waals surface area contributed by atoms with Crippen LogP contribution in [0, 0.1) is 0 Å². The maximum atomic E-state index is 12.8. The summed E-state index contributed by atoms with van der Waals surface area (Å²) in [5, 5.41) is 15.9. The molecule has 0 amide bonds. The predicted octanol–water partition coefficient (Wildman–Crippen LogP) is 9.01. The van der Waals surface area contributed by atoms with Gasteiger partial charge in [0.15, 0.2) is 8.32 Å². The molecule has 244 valence electrons. The predicted molar refractivity (Wildman–Crippen MR) is 190 cm³/mol. The number of aryl methyl sites for hydroxylation is 1. The minimum absolute atomic E-state index is 0.0818. The molecule has 0 unspecified atom stereocenters. The van der Waals surface area contributed by atoms with E-state index < -0.39 is 19.9 Å². The zero-order valence-electron chi connectivity index (χ0n) is 27.8. The molecular formula is C36H50N2O4S2Si. The van der Waals surface area contributed by atoms with E-state index in [0.717, 1.165) is 68.0 Å². The number of benzene rings is 1. The SMILES string of the molecule is CN(CCCc1cn(CCO[Si](C)(C)C(C)(C)C)c2ccccc12)[C@H]1CC[C@H](OC(C(=O)O)(c2cccs2)c2cccs2)CC1. The highest BCUT2D eigenvalue weighted by molar-refractivity contribution is 7.12. The Kier molecular flexibility index (Phi) is 10.8. The molecule has 1 N–H and O–H groups in total. The van der Waals surface area contributed by atoms with E-state index in [0.29, 0.717) is 6.04 Å². The van der Waals surface area contributed by atoms with Crippen LogP contribution < -0.4 is 0 Å². The van der Waals surface area contributed by atoms with Gasteiger partial charge in [-0.05, 0) is 105 Å². The van der Waals surface area contributed by atoms with Crippen LogP contribution in [0.3, 0.4) is 0 Å². The van der Waals surface area contributed by atoms with Crippen molar-refractivity contribution in [3.05, 3.63) is 80.8 Å². The Morgan fingerprint density at radius 1 is 1.00 bits per heavy atom. The highest BCUT2D eigenvalue weighted by atomic mass is 32.1. The van der Waals surface area contributed by atoms with Gasteiger partial charge in [0.25, 0.3) is 0 Å². The Hall–Kier alpha value is -2.27. The topological polar surface area (TPSA) is 63.9 Å². The molecule has 0 saturated heterocycles. The summed E-state index contributed by atoms with van der Waals surface area (Å²) in [5.74, 6) is -0.934. The van der Waals surface area contributed by atoms with Gasteiger partial charge in [-0.25, -0.2) is 4.79 Å². The summed E-state index contributed by atoms with van der Waals surface area (Å²) in [5.41, 5.74) is 1.28. The molecule has 45 heavy (non-hydrogen) atoms. The molecule has 0 aliphatic heterocycles. The number of carboxylic acids is 1. The number of ether oxygens (including phenoxy) is 1. The molecule has 4 aromatic rings. The Bertz CT molecular complexity index is 1480. The number of carboxylic acid groups (broad SMARTS) is 1. The quantitative estimate of drug-likeness (QED) is 0.136. The normalized spacial score (nSPS) is 18.2. The van der Waals surface area contributed by atoms with Crippen LogP contribution in [0.2, 0.25) is 18.1 Å². The van der Waals surface area contributed by atoms with Crippen LogP contribution in [0.1, 0.15) is 68.2 Å². The van der Waals surface area contributed by atoms with Gasteiger partial charge in [0.05, 0.1) is 22.5 Å². The number of para-hydroxylation sites is 1. The number of carbonyl (C=O) groups is 1. The summed E-state index contributed by atoms with van der Waals surface area (Å²) >= 11 is 2.90. The summed E-state index contributed by atoms with van der Waals surface area (Å²) in [6.07, 6.45) is 8.16. The standard InChI is InChI=1S/C36H50N2O4S2Si/c1-35(2,3)45(5,6)41-23-22-38-26-27(30-13-7-8-14-31(30)38)12-9-21-37(4)28-17-19-29(20-18-28)42-36(34(39)40,32-15-10-24-43-32)33-16-11-25-44-33/h7-8,10-11,13-16,24-26,28-29H,9,12,17-23H2,1-6H3,(H,39,40)/t28-,29-. The molecule has 3 heterocycles. The molecule has 6 nitrogen and oxygen atoms in total. The first-order chi connectivity index (χ1) is 21.4. The van der Waals surface area contributed by atoms with Crippen molar-refractivity contribution in [2.24, 2.45) is 0 Å². The summed E-state index contributed by atoms with van der Waals surface area (Å²) in [4.78, 5) is 16.8. The van der Waals surface area contributed by atoms with Crippen molar-refractivity contribution in [1.82, 2.24) is 9.47 Å². The van der Waals surface area contributed by atoms with E-state index in [-0.39, 0.29) is 11.1 Å². The molecule has 3 aromatic heterocycles. The number of aromatic nitrogens is 1. The summed E-state index contributed by atoms with van der Waals surface area (Å²) in [7, 11) is 0.474. The van der Waals surface area contributed by atoms with E-state index in [1.54, 1.807) is 0 Å². The first-order valence-corrected chi connectivity index (χ1v) is 21.0. The number of fused-ring (bicyclic) bond motifs is 1. The van der Waals surface area contributed by atoms with E-state index in [2.05, 4.69) is 80.8 Å². The van der Waals surface area contributed by atoms with E-state index in [1.165, 1.54) is 39.1 Å². The zero-order chi connectivity index (χ0) is 32.2. The van der Waals surface area contributed by atoms with Gasteiger partial charge in [0.2, 0.25) is 5.60 Å². The lowest BCUT2D eigenvalue weighted by Gasteiger charge is -2.38. The molecule has 9 heteroatoms. The number of hydrogen-bond donors (Lipinski definition) is 1. The average Bonchev–Trinajstić information content (AvgIpc) is 3.79. The Morgan fingerprint density at radius 2 is 1.64 bits per heavy atom. The second-order valence-electron chi connectivity index (χ2n) is 14.0. The van der Waals surface area contributed by atoms with Gasteiger partial charge >= 0.3 is 5.97 Å². The van der Waals surface area contributed by atoms with Crippen molar-refractivity contribution in [1.29, 1.82) is 0 Å². The summed E-state index contributed by atoms with van der Waals surface area (Å²) in [6, 6.07) is 16.8. The lowest BCUT2D eigenvalue weighted by molar-refractivity contribution is -0.170. The fraction of sp³-hybridized carbons (Fsp3) is 0.528. The van der Waals surface area contributed by atoms with Crippen LogP contribution in [0.5, 0.6) is 0 Å². The van der Waals surface area contributed by atoms with Gasteiger partial charge < -0.3 is 23.7 Å². The van der Waals surface area contributed by atoms with Crippen molar-refractivity contribution in [2.75, 3.05) is 20.2 Å². The lowest BCUT2D eigenvalue weighted by Crippen LogP contribution is -2.44. The van der Waals surface area contributed by atoms with Gasteiger partial charge in [-0.2, -0.15) is 0 Å². The molecule has 1 aliphatic carbocycles. The Morgan fingerprint density at radius 3 is 2.22 bits per heavy atom. The van der Waals surface area contributed by atoms with Gasteiger partial charge in [-0.15, -0.1) is 22.7 Å². The van der Waals surface area contributed by atoms with Gasteiger partial charge in [0, 0.05) is 29.7 Å². The van der Waals surface area contributed by atoms with E-state index in [9.17, 15) is 9.90 Å². The van der Waals surface area contributed by atoms with Crippen LogP contribution in [0.25, 0.3) is 10.9 Å². The van der Waals surface area contributed by atoms with Crippen molar-refractivity contribution in [3.8, 4) is 0 Å². The van der Waals surface area contributed by atoms with Crippen LogP contribution >= 0.6 is 22.7 Å². The minimum Gasteiger partial charge on any atom is -0.479 e. The molecule has 1 aliphatic rings. The van der Waals surface area contributed by atoms with E-state index in [4.69, 9.17) is 9.16 Å². The molecule has 0 atom stereocenters. The van der Waals surface area contributed by atoms with Crippen LogP contribution in [0.4, 0.5) is 0 Å². The number of thiophene rings is 2.